The zero-order valence-corrected chi connectivity index (χ0v) is 24.2. The summed E-state index contributed by atoms with van der Waals surface area (Å²) in [7, 11) is 0. The van der Waals surface area contributed by atoms with Gasteiger partial charge in [0.25, 0.3) is 0 Å². The largest absolute Gasteiger partial charge is 0.507 e. The fourth-order valence-corrected chi connectivity index (χ4v) is 5.55. The van der Waals surface area contributed by atoms with E-state index < -0.39 is 0 Å². The molecule has 5 aromatic rings. The molecule has 0 aliphatic carbocycles. The van der Waals surface area contributed by atoms with Crippen LogP contribution in [0, 0.1) is 20.8 Å². The number of fused-ring (bicyclic) bond motifs is 1. The molecule has 0 aliphatic heterocycles. The van der Waals surface area contributed by atoms with Crippen LogP contribution in [-0.4, -0.2) is 37.0 Å². The van der Waals surface area contributed by atoms with Crippen molar-refractivity contribution in [3.8, 4) is 34.1 Å². The average Bonchev–Trinajstić information content (AvgIpc) is 3.28. The zero-order chi connectivity index (χ0) is 30.5. The van der Waals surface area contributed by atoms with Crippen LogP contribution in [0.3, 0.4) is 0 Å². The van der Waals surface area contributed by atoms with Crippen LogP contribution in [0.2, 0.25) is 0 Å². The first-order chi connectivity index (χ1) is 19.9. The van der Waals surface area contributed by atoms with Gasteiger partial charge in [-0.15, -0.1) is 0 Å². The number of carbonyl (C=O) groups excluding carboxylic acids is 2. The van der Waals surface area contributed by atoms with Gasteiger partial charge in [0.2, 0.25) is 0 Å². The number of nitrogens with one attached hydrogen (secondary N) is 1. The monoisotopic (exact) mass is 563 g/mol. The van der Waals surface area contributed by atoms with E-state index in [1.54, 1.807) is 13.8 Å². The number of Topliss-reactive ketones (excluding diaryl/α,β-unsaturated/α-hetero) is 2. The molecule has 0 bridgehead atoms. The summed E-state index contributed by atoms with van der Waals surface area (Å²) in [6.07, 6.45) is 0.0994. The minimum absolute atomic E-state index is 0.0381. The first-order valence-corrected chi connectivity index (χ1v) is 13.7. The van der Waals surface area contributed by atoms with Crippen LogP contribution in [0.25, 0.3) is 22.0 Å². The summed E-state index contributed by atoms with van der Waals surface area (Å²) in [5.74, 6) is -1.48. The Balaban J connectivity index is 1.73. The molecule has 0 fully saturated rings. The molecule has 0 saturated heterocycles. The quantitative estimate of drug-likeness (QED) is 0.133. The Labute approximate surface area is 243 Å². The smallest absolute Gasteiger partial charge is 0.163 e. The van der Waals surface area contributed by atoms with Gasteiger partial charge >= 0.3 is 0 Å². The van der Waals surface area contributed by atoms with E-state index in [1.165, 1.54) is 26.0 Å². The number of phenols is 4. The SMILES string of the molecule is CC(=O)c1cc(C)c(O)c(Cc2[nH]c3cc(-c4ccc(C)cc4)ccc3c2Cc2c(O)c(C)cc(C(C)=O)c2O)c1O. The van der Waals surface area contributed by atoms with E-state index in [2.05, 4.69) is 4.98 Å². The Morgan fingerprint density at radius 1 is 0.619 bits per heavy atom. The van der Waals surface area contributed by atoms with Crippen molar-refractivity contribution >= 4 is 22.5 Å². The normalized spacial score (nSPS) is 11.3. The molecule has 0 aliphatic rings. The maximum Gasteiger partial charge on any atom is 0.163 e. The molecule has 5 N–H and O–H groups in total. The van der Waals surface area contributed by atoms with Crippen molar-refractivity contribution in [2.24, 2.45) is 0 Å². The third-order valence-electron chi connectivity index (χ3n) is 7.97. The molecule has 0 saturated carbocycles. The third kappa shape index (κ3) is 4.98. The van der Waals surface area contributed by atoms with E-state index in [0.717, 1.165) is 27.6 Å². The molecular weight excluding hydrogens is 530 g/mol. The summed E-state index contributed by atoms with van der Waals surface area (Å²) in [5.41, 5.74) is 6.76. The first kappa shape index (κ1) is 28.5. The van der Waals surface area contributed by atoms with Crippen LogP contribution in [0.5, 0.6) is 23.0 Å². The van der Waals surface area contributed by atoms with Gasteiger partial charge in [-0.1, -0.05) is 42.0 Å². The molecule has 7 heteroatoms. The van der Waals surface area contributed by atoms with Crippen molar-refractivity contribution in [3.05, 3.63) is 105 Å². The van der Waals surface area contributed by atoms with E-state index in [0.29, 0.717) is 22.4 Å². The van der Waals surface area contributed by atoms with Crippen LogP contribution < -0.4 is 0 Å². The summed E-state index contributed by atoms with van der Waals surface area (Å²) in [4.78, 5) is 27.9. The Morgan fingerprint density at radius 2 is 1.12 bits per heavy atom. The molecular formula is C35H33NO6. The number of benzene rings is 4. The molecule has 42 heavy (non-hydrogen) atoms. The van der Waals surface area contributed by atoms with Crippen molar-refractivity contribution in [3.63, 3.8) is 0 Å². The second-order valence-electron chi connectivity index (χ2n) is 11.0. The number of rotatable bonds is 7. The molecule has 0 atom stereocenters. The second kappa shape index (κ2) is 10.7. The molecule has 1 heterocycles. The van der Waals surface area contributed by atoms with E-state index in [1.807, 2.05) is 49.4 Å². The van der Waals surface area contributed by atoms with Crippen molar-refractivity contribution in [2.75, 3.05) is 0 Å². The van der Waals surface area contributed by atoms with Gasteiger partial charge in [-0.2, -0.15) is 0 Å². The first-order valence-electron chi connectivity index (χ1n) is 13.7. The summed E-state index contributed by atoms with van der Waals surface area (Å²) >= 11 is 0. The predicted molar refractivity (Wildman–Crippen MR) is 163 cm³/mol. The van der Waals surface area contributed by atoms with Crippen LogP contribution in [0.1, 0.15) is 73.6 Å². The van der Waals surface area contributed by atoms with Gasteiger partial charge in [0.05, 0.1) is 11.1 Å². The molecule has 4 aromatic carbocycles. The standard InChI is InChI=1S/C35H33NO6/c1-17-6-8-22(9-7-17)23-10-11-24-27(15-28-32(39)18(2)12-25(20(4)37)34(28)41)31(36-30(24)14-23)16-29-33(40)19(3)13-26(21(5)38)35(29)42/h6-14,36,39-42H,15-16H2,1-5H3. The Kier molecular flexibility index (Phi) is 7.29. The van der Waals surface area contributed by atoms with Gasteiger partial charge in [0, 0.05) is 40.6 Å². The summed E-state index contributed by atoms with van der Waals surface area (Å²) in [5, 5.41) is 44.8. The van der Waals surface area contributed by atoms with Crippen molar-refractivity contribution in [1.82, 2.24) is 4.98 Å². The number of aromatic amines is 1. The highest BCUT2D eigenvalue weighted by atomic mass is 16.3. The lowest BCUT2D eigenvalue weighted by Crippen LogP contribution is -2.03. The maximum absolute atomic E-state index is 12.3. The topological polar surface area (TPSA) is 131 Å². The summed E-state index contributed by atoms with van der Waals surface area (Å²) in [6, 6.07) is 17.0. The van der Waals surface area contributed by atoms with Gasteiger partial charge in [0.15, 0.2) is 11.6 Å². The molecule has 5 rings (SSSR count). The number of aromatic nitrogens is 1. The summed E-state index contributed by atoms with van der Waals surface area (Å²) < 4.78 is 0. The Bertz CT molecular complexity index is 1900. The highest BCUT2D eigenvalue weighted by Crippen LogP contribution is 2.41. The number of aryl methyl sites for hydroxylation is 3. The van der Waals surface area contributed by atoms with E-state index in [-0.39, 0.29) is 69.7 Å². The molecule has 0 amide bonds. The van der Waals surface area contributed by atoms with Crippen LogP contribution in [0.15, 0.2) is 54.6 Å². The lowest BCUT2D eigenvalue weighted by molar-refractivity contribution is 0.100. The predicted octanol–water partition coefficient (Wildman–Crippen LogP) is 7.17. The van der Waals surface area contributed by atoms with Gasteiger partial charge in [-0.3, -0.25) is 9.59 Å². The maximum atomic E-state index is 12.3. The number of H-pyrrole nitrogens is 1. The number of hydrogen-bond donors (Lipinski definition) is 5. The van der Waals surface area contributed by atoms with E-state index in [9.17, 15) is 30.0 Å². The van der Waals surface area contributed by atoms with Gasteiger partial charge in [0.1, 0.15) is 23.0 Å². The Hall–Kier alpha value is -5.04. The number of ketones is 2. The van der Waals surface area contributed by atoms with Gasteiger partial charge in [-0.05, 0) is 80.6 Å². The van der Waals surface area contributed by atoms with Crippen molar-refractivity contribution < 1.29 is 30.0 Å². The summed E-state index contributed by atoms with van der Waals surface area (Å²) in [6.45, 7) is 8.07. The highest BCUT2D eigenvalue weighted by molar-refractivity contribution is 5.99. The van der Waals surface area contributed by atoms with Crippen molar-refractivity contribution in [2.45, 2.75) is 47.5 Å². The van der Waals surface area contributed by atoms with Crippen LogP contribution >= 0.6 is 0 Å². The number of phenolic OH excluding ortho intramolecular Hbond substituents is 4. The minimum atomic E-state index is -0.331. The van der Waals surface area contributed by atoms with E-state index >= 15 is 0 Å². The van der Waals surface area contributed by atoms with Crippen LogP contribution in [-0.2, 0) is 12.8 Å². The fraction of sp³-hybridized carbons (Fsp3) is 0.200. The number of hydrogen-bond acceptors (Lipinski definition) is 6. The van der Waals surface area contributed by atoms with Gasteiger partial charge in [-0.25, -0.2) is 0 Å². The lowest BCUT2D eigenvalue weighted by Gasteiger charge is -2.15. The molecule has 214 valence electrons. The van der Waals surface area contributed by atoms with Gasteiger partial charge < -0.3 is 25.4 Å². The highest BCUT2D eigenvalue weighted by Gasteiger charge is 2.24. The minimum Gasteiger partial charge on any atom is -0.507 e. The molecule has 0 unspecified atom stereocenters. The zero-order valence-electron chi connectivity index (χ0n) is 24.2. The lowest BCUT2D eigenvalue weighted by atomic mass is 9.92. The molecule has 7 nitrogen and oxygen atoms in total. The molecule has 0 radical (unpaired) electrons. The molecule has 0 spiro atoms. The van der Waals surface area contributed by atoms with Crippen molar-refractivity contribution in [1.29, 1.82) is 0 Å². The fourth-order valence-electron chi connectivity index (χ4n) is 5.55. The third-order valence-corrected chi connectivity index (χ3v) is 7.97. The Morgan fingerprint density at radius 3 is 1.64 bits per heavy atom. The number of aromatic hydroxyl groups is 4. The second-order valence-corrected chi connectivity index (χ2v) is 11.0. The van der Waals surface area contributed by atoms with E-state index in [4.69, 9.17) is 0 Å². The number of carbonyl (C=O) groups is 2. The average molecular weight is 564 g/mol. The van der Waals surface area contributed by atoms with Crippen LogP contribution in [0.4, 0.5) is 0 Å². The molecule has 1 aromatic heterocycles.